The summed E-state index contributed by atoms with van der Waals surface area (Å²) in [6.45, 7) is 4.56. The molecule has 0 saturated heterocycles. The number of fused-ring (bicyclic) bond motifs is 4. The van der Waals surface area contributed by atoms with Gasteiger partial charge in [0.2, 0.25) is 0 Å². The summed E-state index contributed by atoms with van der Waals surface area (Å²) in [4.78, 5) is 12.9. The van der Waals surface area contributed by atoms with Gasteiger partial charge in [-0.25, -0.2) is 0 Å². The van der Waals surface area contributed by atoms with E-state index in [1.54, 1.807) is 0 Å². The summed E-state index contributed by atoms with van der Waals surface area (Å²) in [6.07, 6.45) is 8.48. The van der Waals surface area contributed by atoms with Gasteiger partial charge in [0.25, 0.3) is 0 Å². The molecule has 4 fully saturated rings. The van der Waals surface area contributed by atoms with Crippen molar-refractivity contribution in [3.63, 3.8) is 0 Å². The molecule has 4 bridgehead atoms. The molecule has 21 heavy (non-hydrogen) atoms. The van der Waals surface area contributed by atoms with Gasteiger partial charge in [0, 0.05) is 3.92 Å². The van der Waals surface area contributed by atoms with Crippen LogP contribution in [-0.2, 0) is 9.53 Å². The number of hydrogen-bond donors (Lipinski definition) is 0. The molecule has 0 spiro atoms. The molecular weight excluding hydrogens is 375 g/mol. The van der Waals surface area contributed by atoms with E-state index in [9.17, 15) is 4.79 Å². The molecule has 0 aliphatic heterocycles. The Morgan fingerprint density at radius 2 is 2.10 bits per heavy atom. The van der Waals surface area contributed by atoms with Gasteiger partial charge in [0.1, 0.15) is 5.60 Å². The number of carbonyl (C=O) groups excluding carboxylic acids is 1. The second kappa shape index (κ2) is 5.10. The number of halogens is 1. The van der Waals surface area contributed by atoms with Gasteiger partial charge in [-0.2, -0.15) is 0 Å². The highest BCUT2D eigenvalue weighted by molar-refractivity contribution is 14.1. The first-order valence-corrected chi connectivity index (χ1v) is 10.2. The lowest BCUT2D eigenvalue weighted by Crippen LogP contribution is -2.43. The standard InChI is InChI=1S/C18H27IO2/c1-3-18(9-11-4-5-13(18)6-11)21-17(20)15-8-12-7-14(15)10(2)16(12)19/h10-16H,3-9H2,1-2H3. The highest BCUT2D eigenvalue weighted by Crippen LogP contribution is 2.57. The van der Waals surface area contributed by atoms with Gasteiger partial charge < -0.3 is 4.74 Å². The van der Waals surface area contributed by atoms with E-state index in [1.807, 2.05) is 0 Å². The topological polar surface area (TPSA) is 26.3 Å². The third-order valence-corrected chi connectivity index (χ3v) is 9.55. The van der Waals surface area contributed by atoms with Gasteiger partial charge in [-0.15, -0.1) is 0 Å². The molecule has 0 amide bonds. The molecule has 0 N–H and O–H groups in total. The van der Waals surface area contributed by atoms with E-state index in [2.05, 4.69) is 36.4 Å². The third-order valence-electron chi connectivity index (χ3n) is 7.40. The average Bonchev–Trinajstić information content (AvgIpc) is 3.21. The largest absolute Gasteiger partial charge is 0.459 e. The maximum atomic E-state index is 12.9. The van der Waals surface area contributed by atoms with Crippen LogP contribution in [0.4, 0.5) is 0 Å². The molecule has 4 aliphatic carbocycles. The predicted octanol–water partition coefficient (Wildman–Crippen LogP) is 4.59. The molecule has 8 atom stereocenters. The Morgan fingerprint density at radius 1 is 1.29 bits per heavy atom. The molecule has 0 heterocycles. The number of rotatable bonds is 3. The number of carbonyl (C=O) groups is 1. The van der Waals surface area contributed by atoms with Crippen molar-refractivity contribution in [3.8, 4) is 0 Å². The maximum absolute atomic E-state index is 12.9. The van der Waals surface area contributed by atoms with Crippen molar-refractivity contribution in [3.05, 3.63) is 0 Å². The zero-order valence-corrected chi connectivity index (χ0v) is 15.3. The summed E-state index contributed by atoms with van der Waals surface area (Å²) >= 11 is 2.61. The Labute approximate surface area is 141 Å². The Bertz CT molecular complexity index is 448. The lowest BCUT2D eigenvalue weighted by molar-refractivity contribution is -0.174. The van der Waals surface area contributed by atoms with Gasteiger partial charge in [-0.3, -0.25) is 4.79 Å². The van der Waals surface area contributed by atoms with Crippen molar-refractivity contribution < 1.29 is 9.53 Å². The summed E-state index contributed by atoms with van der Waals surface area (Å²) in [5, 5.41) is 0. The summed E-state index contributed by atoms with van der Waals surface area (Å²) < 4.78 is 7.04. The van der Waals surface area contributed by atoms with Gasteiger partial charge in [-0.05, 0) is 74.5 Å². The van der Waals surface area contributed by atoms with Crippen LogP contribution < -0.4 is 0 Å². The van der Waals surface area contributed by atoms with E-state index in [4.69, 9.17) is 4.74 Å². The van der Waals surface area contributed by atoms with E-state index >= 15 is 0 Å². The summed E-state index contributed by atoms with van der Waals surface area (Å²) in [5.41, 5.74) is -0.0885. The molecule has 4 aliphatic rings. The highest BCUT2D eigenvalue weighted by atomic mass is 127. The Morgan fingerprint density at radius 3 is 2.62 bits per heavy atom. The minimum Gasteiger partial charge on any atom is -0.459 e. The van der Waals surface area contributed by atoms with Gasteiger partial charge in [-0.1, -0.05) is 36.4 Å². The summed E-state index contributed by atoms with van der Waals surface area (Å²) in [7, 11) is 0. The number of esters is 1. The molecule has 0 aromatic rings. The van der Waals surface area contributed by atoms with Gasteiger partial charge in [0.05, 0.1) is 5.92 Å². The smallest absolute Gasteiger partial charge is 0.309 e. The fourth-order valence-corrected chi connectivity index (χ4v) is 7.31. The van der Waals surface area contributed by atoms with Crippen molar-refractivity contribution in [1.82, 2.24) is 0 Å². The molecule has 4 rings (SSSR count). The van der Waals surface area contributed by atoms with Crippen LogP contribution in [0, 0.1) is 35.5 Å². The Balaban J connectivity index is 1.47. The lowest BCUT2D eigenvalue weighted by Gasteiger charge is -2.39. The zero-order chi connectivity index (χ0) is 14.8. The normalized spacial score (nSPS) is 54.3. The maximum Gasteiger partial charge on any atom is 0.309 e. The monoisotopic (exact) mass is 402 g/mol. The fraction of sp³-hybridized carbons (Fsp3) is 0.944. The van der Waals surface area contributed by atoms with Crippen molar-refractivity contribution in [1.29, 1.82) is 0 Å². The van der Waals surface area contributed by atoms with E-state index in [-0.39, 0.29) is 17.5 Å². The van der Waals surface area contributed by atoms with Crippen LogP contribution in [0.3, 0.4) is 0 Å². The molecular formula is C18H27IO2. The third kappa shape index (κ3) is 2.12. The second-order valence-corrected chi connectivity index (χ2v) is 9.66. The zero-order valence-electron chi connectivity index (χ0n) is 13.2. The van der Waals surface area contributed by atoms with E-state index in [1.165, 1.54) is 25.7 Å². The number of hydrogen-bond acceptors (Lipinski definition) is 2. The van der Waals surface area contributed by atoms with Crippen LogP contribution in [0.25, 0.3) is 0 Å². The molecule has 0 radical (unpaired) electrons. The predicted molar refractivity (Wildman–Crippen MR) is 91.2 cm³/mol. The van der Waals surface area contributed by atoms with E-state index in [0.717, 1.165) is 35.0 Å². The first-order valence-electron chi connectivity index (χ1n) is 8.91. The second-order valence-electron chi connectivity index (χ2n) is 8.22. The van der Waals surface area contributed by atoms with Gasteiger partial charge in [0.15, 0.2) is 0 Å². The first kappa shape index (κ1) is 14.8. The van der Waals surface area contributed by atoms with Crippen LogP contribution in [0.15, 0.2) is 0 Å². The van der Waals surface area contributed by atoms with Crippen LogP contribution in [0.5, 0.6) is 0 Å². The van der Waals surface area contributed by atoms with Crippen LogP contribution >= 0.6 is 22.6 Å². The minimum absolute atomic E-state index is 0.0885. The molecule has 2 nitrogen and oxygen atoms in total. The molecule has 118 valence electrons. The molecule has 4 saturated carbocycles. The SMILES string of the molecule is CCC1(OC(=O)C2CC3CC2C(C)C3I)CC2CCC1C2. The van der Waals surface area contributed by atoms with Gasteiger partial charge >= 0.3 is 5.97 Å². The quantitative estimate of drug-likeness (QED) is 0.392. The van der Waals surface area contributed by atoms with Crippen molar-refractivity contribution in [2.24, 2.45) is 35.5 Å². The molecule has 3 heteroatoms. The number of ether oxygens (including phenoxy) is 1. The highest BCUT2D eigenvalue weighted by Gasteiger charge is 2.56. The first-order chi connectivity index (χ1) is 10.0. The van der Waals surface area contributed by atoms with Crippen LogP contribution in [0.2, 0.25) is 0 Å². The number of alkyl halides is 1. The van der Waals surface area contributed by atoms with E-state index < -0.39 is 0 Å². The molecule has 8 unspecified atom stereocenters. The van der Waals surface area contributed by atoms with Crippen molar-refractivity contribution in [2.75, 3.05) is 0 Å². The van der Waals surface area contributed by atoms with Crippen LogP contribution in [-0.4, -0.2) is 15.5 Å². The average molecular weight is 402 g/mol. The van der Waals surface area contributed by atoms with E-state index in [0.29, 0.717) is 17.8 Å². The van der Waals surface area contributed by atoms with Crippen molar-refractivity contribution >= 4 is 28.6 Å². The van der Waals surface area contributed by atoms with Crippen molar-refractivity contribution in [2.45, 2.75) is 68.3 Å². The molecule has 0 aromatic heterocycles. The van der Waals surface area contributed by atoms with Crippen LogP contribution in [0.1, 0.15) is 58.8 Å². The minimum atomic E-state index is -0.0885. The lowest BCUT2D eigenvalue weighted by atomic mass is 9.80. The summed E-state index contributed by atoms with van der Waals surface area (Å²) in [5.74, 6) is 3.91. The summed E-state index contributed by atoms with van der Waals surface area (Å²) in [6, 6.07) is 0. The Hall–Kier alpha value is 0.200. The fourth-order valence-electron chi connectivity index (χ4n) is 6.19. The molecule has 0 aromatic carbocycles. The Kier molecular flexibility index (Phi) is 3.59.